The molecule has 1 spiro atoms. The third-order valence-electron chi connectivity index (χ3n) is 5.93. The van der Waals surface area contributed by atoms with Crippen LogP contribution in [0, 0.1) is 5.92 Å². The topological polar surface area (TPSA) is 72.0 Å². The number of halogens is 3. The van der Waals surface area contributed by atoms with Crippen molar-refractivity contribution in [3.63, 3.8) is 0 Å². The van der Waals surface area contributed by atoms with Gasteiger partial charge in [-0.25, -0.2) is 9.69 Å². The average Bonchev–Trinajstić information content (AvgIpc) is 3.41. The number of hydrogen-bond acceptors (Lipinski definition) is 5. The van der Waals surface area contributed by atoms with Gasteiger partial charge in [-0.3, -0.25) is 14.7 Å². The molecule has 2 aromatic carbocycles. The van der Waals surface area contributed by atoms with Gasteiger partial charge in [-0.15, -0.1) is 13.2 Å². The molecule has 2 fully saturated rings. The van der Waals surface area contributed by atoms with E-state index in [4.69, 9.17) is 4.74 Å². The summed E-state index contributed by atoms with van der Waals surface area (Å²) >= 11 is 0. The van der Waals surface area contributed by atoms with Gasteiger partial charge in [0.05, 0.1) is 17.6 Å². The van der Waals surface area contributed by atoms with Gasteiger partial charge >= 0.3 is 12.4 Å². The van der Waals surface area contributed by atoms with Crippen molar-refractivity contribution in [3.05, 3.63) is 73.1 Å². The number of urea groups is 1. The molecule has 0 radical (unpaired) electrons. The Morgan fingerprint density at radius 3 is 2.29 bits per heavy atom. The molecule has 1 aromatic heterocycles. The van der Waals surface area contributed by atoms with E-state index in [1.54, 1.807) is 30.3 Å². The second-order valence-electron chi connectivity index (χ2n) is 8.09. The number of pyridine rings is 1. The fourth-order valence-electron chi connectivity index (χ4n) is 4.26. The zero-order chi connectivity index (χ0) is 24.1. The van der Waals surface area contributed by atoms with Crippen LogP contribution >= 0.6 is 0 Å². The van der Waals surface area contributed by atoms with Crippen LogP contribution in [0.5, 0.6) is 17.2 Å². The first kappa shape index (κ1) is 21.7. The smallest absolute Gasteiger partial charge is 0.454 e. The molecule has 3 amide bonds. The van der Waals surface area contributed by atoms with Crippen LogP contribution in [-0.2, 0) is 4.79 Å². The molecule has 0 bridgehead atoms. The fourth-order valence-corrected chi connectivity index (χ4v) is 4.26. The number of amides is 3. The predicted octanol–water partition coefficient (Wildman–Crippen LogP) is 5.52. The summed E-state index contributed by atoms with van der Waals surface area (Å²) in [6.07, 6.45) is -1.44. The maximum absolute atomic E-state index is 13.6. The second-order valence-corrected chi connectivity index (χ2v) is 8.09. The van der Waals surface area contributed by atoms with Gasteiger partial charge in [-0.1, -0.05) is 25.1 Å². The normalized spacial score (nSPS) is 21.8. The van der Waals surface area contributed by atoms with E-state index in [9.17, 15) is 22.8 Å². The Morgan fingerprint density at radius 1 is 1.00 bits per heavy atom. The van der Waals surface area contributed by atoms with E-state index >= 15 is 0 Å². The van der Waals surface area contributed by atoms with Crippen LogP contribution in [0.25, 0.3) is 0 Å². The quantitative estimate of drug-likeness (QED) is 0.460. The van der Waals surface area contributed by atoms with Crippen molar-refractivity contribution in [2.75, 3.05) is 9.80 Å². The largest absolute Gasteiger partial charge is 0.573 e. The van der Waals surface area contributed by atoms with Crippen molar-refractivity contribution >= 4 is 23.3 Å². The molecule has 2 atom stereocenters. The maximum Gasteiger partial charge on any atom is 0.573 e. The number of nitrogens with zero attached hydrogens (tertiary/aromatic N) is 3. The average molecular weight is 469 g/mol. The zero-order valence-electron chi connectivity index (χ0n) is 17.8. The van der Waals surface area contributed by atoms with Gasteiger partial charge in [0, 0.05) is 6.20 Å². The van der Waals surface area contributed by atoms with Gasteiger partial charge in [-0.05, 0) is 54.8 Å². The molecule has 0 N–H and O–H groups in total. The summed E-state index contributed by atoms with van der Waals surface area (Å²) in [5, 5.41) is 0. The molecule has 10 heteroatoms. The number of benzene rings is 2. The van der Waals surface area contributed by atoms with E-state index in [2.05, 4.69) is 9.72 Å². The minimum Gasteiger partial charge on any atom is -0.454 e. The van der Waals surface area contributed by atoms with Gasteiger partial charge in [0.25, 0.3) is 5.91 Å². The van der Waals surface area contributed by atoms with Gasteiger partial charge in [0.2, 0.25) is 0 Å². The van der Waals surface area contributed by atoms with Crippen LogP contribution in [0.1, 0.15) is 13.3 Å². The third kappa shape index (κ3) is 3.60. The highest BCUT2D eigenvalue weighted by molar-refractivity contribution is 6.32. The Labute approximate surface area is 192 Å². The number of rotatable bonds is 5. The summed E-state index contributed by atoms with van der Waals surface area (Å²) in [5.74, 6) is -0.195. The summed E-state index contributed by atoms with van der Waals surface area (Å²) in [7, 11) is 0. The molecule has 3 aromatic rings. The van der Waals surface area contributed by atoms with Crippen LogP contribution in [0.2, 0.25) is 0 Å². The molecule has 34 heavy (non-hydrogen) atoms. The molecule has 2 heterocycles. The van der Waals surface area contributed by atoms with E-state index in [-0.39, 0.29) is 11.6 Å². The fraction of sp³-hybridized carbons (Fsp3) is 0.208. The van der Waals surface area contributed by atoms with Crippen molar-refractivity contribution in [2.45, 2.75) is 25.2 Å². The monoisotopic (exact) mass is 469 g/mol. The first-order valence-electron chi connectivity index (χ1n) is 10.4. The summed E-state index contributed by atoms with van der Waals surface area (Å²) in [4.78, 5) is 33.5. The minimum absolute atomic E-state index is 0.125. The lowest BCUT2D eigenvalue weighted by Crippen LogP contribution is -2.39. The standard InChI is InChI=1S/C24H18F3N3O4/c1-15-13-23(15)21(31)29(16-7-9-18(10-8-16)34-24(25,26)27)22(32)30(23)19-11-12-28-14-20(19)33-17-5-3-2-4-6-17/h2-12,14-15H,13H2,1H3. The molecule has 5 rings (SSSR count). The Hall–Kier alpha value is -4.08. The van der Waals surface area contributed by atoms with Crippen molar-refractivity contribution in [2.24, 2.45) is 5.92 Å². The molecule has 2 aliphatic rings. The molecule has 1 saturated carbocycles. The Bertz CT molecular complexity index is 1250. The molecule has 174 valence electrons. The first-order chi connectivity index (χ1) is 16.2. The van der Waals surface area contributed by atoms with Gasteiger partial charge < -0.3 is 9.47 Å². The molecule has 1 aliphatic heterocycles. The number of aromatic nitrogens is 1. The molecule has 1 saturated heterocycles. The van der Waals surface area contributed by atoms with Crippen LogP contribution in [-0.4, -0.2) is 28.8 Å². The van der Waals surface area contributed by atoms with Crippen molar-refractivity contribution in [3.8, 4) is 17.2 Å². The predicted molar refractivity (Wildman–Crippen MR) is 116 cm³/mol. The highest BCUT2D eigenvalue weighted by atomic mass is 19.4. The van der Waals surface area contributed by atoms with Gasteiger partial charge in [0.15, 0.2) is 5.75 Å². The highest BCUT2D eigenvalue weighted by Gasteiger charge is 2.71. The van der Waals surface area contributed by atoms with Crippen LogP contribution in [0.4, 0.5) is 29.3 Å². The van der Waals surface area contributed by atoms with Crippen molar-refractivity contribution in [1.29, 1.82) is 0 Å². The highest BCUT2D eigenvalue weighted by Crippen LogP contribution is 2.56. The number of alkyl halides is 3. The SMILES string of the molecule is CC1CC12C(=O)N(c1ccc(OC(F)(F)F)cc1)C(=O)N2c1ccncc1Oc1ccccc1. The molecular weight excluding hydrogens is 451 g/mol. The van der Waals surface area contributed by atoms with E-state index in [0.29, 0.717) is 23.6 Å². The molecular formula is C24H18F3N3O4. The van der Waals surface area contributed by atoms with E-state index in [1.807, 2.05) is 13.0 Å². The number of imide groups is 1. The lowest BCUT2D eigenvalue weighted by Gasteiger charge is -2.24. The van der Waals surface area contributed by atoms with Gasteiger partial charge in [-0.2, -0.15) is 0 Å². The number of anilines is 2. The van der Waals surface area contributed by atoms with Crippen molar-refractivity contribution in [1.82, 2.24) is 4.98 Å². The van der Waals surface area contributed by atoms with E-state index in [1.165, 1.54) is 29.4 Å². The van der Waals surface area contributed by atoms with E-state index in [0.717, 1.165) is 17.0 Å². The Morgan fingerprint density at radius 2 is 1.68 bits per heavy atom. The third-order valence-corrected chi connectivity index (χ3v) is 5.93. The summed E-state index contributed by atoms with van der Waals surface area (Å²) < 4.78 is 47.3. The maximum atomic E-state index is 13.6. The summed E-state index contributed by atoms with van der Waals surface area (Å²) in [6.45, 7) is 1.86. The lowest BCUT2D eigenvalue weighted by atomic mass is 10.1. The zero-order valence-corrected chi connectivity index (χ0v) is 17.8. The first-order valence-corrected chi connectivity index (χ1v) is 10.4. The summed E-state index contributed by atoms with van der Waals surface area (Å²) in [6, 6.07) is 14.5. The van der Waals surface area contributed by atoms with Crippen molar-refractivity contribution < 1.29 is 32.2 Å². The van der Waals surface area contributed by atoms with Gasteiger partial charge in [0.1, 0.15) is 17.0 Å². The number of hydrogen-bond donors (Lipinski definition) is 0. The second kappa shape index (κ2) is 7.75. The Kier molecular flexibility index (Phi) is 4.96. The molecule has 7 nitrogen and oxygen atoms in total. The van der Waals surface area contributed by atoms with Crippen LogP contribution in [0.3, 0.4) is 0 Å². The van der Waals surface area contributed by atoms with E-state index < -0.39 is 29.6 Å². The number of ether oxygens (including phenoxy) is 2. The lowest BCUT2D eigenvalue weighted by molar-refractivity contribution is -0.274. The molecule has 1 aliphatic carbocycles. The number of para-hydroxylation sites is 1. The number of carbonyl (C=O) groups is 2. The number of carbonyl (C=O) groups excluding carboxylic acids is 2. The Balaban J connectivity index is 1.51. The summed E-state index contributed by atoms with van der Waals surface area (Å²) in [5.41, 5.74) is -0.583. The minimum atomic E-state index is -4.85. The van der Waals surface area contributed by atoms with Crippen LogP contribution < -0.4 is 19.3 Å². The van der Waals surface area contributed by atoms with Crippen LogP contribution in [0.15, 0.2) is 73.1 Å². The molecule has 2 unspecified atom stereocenters.